The van der Waals surface area contributed by atoms with Crippen LogP contribution in [-0.4, -0.2) is 24.1 Å². The highest BCUT2D eigenvalue weighted by Crippen LogP contribution is 2.26. The summed E-state index contributed by atoms with van der Waals surface area (Å²) in [6.07, 6.45) is 2.92. The second-order valence-electron chi connectivity index (χ2n) is 5.46. The monoisotopic (exact) mass is 314 g/mol. The number of rotatable bonds is 4. The number of nitrogens with two attached hydrogens (primary N) is 1. The molecule has 0 aliphatic heterocycles. The summed E-state index contributed by atoms with van der Waals surface area (Å²) in [6, 6.07) is 4.20. The van der Waals surface area contributed by atoms with Gasteiger partial charge in [-0.3, -0.25) is 4.79 Å². The van der Waals surface area contributed by atoms with Gasteiger partial charge in [0.05, 0.1) is 5.02 Å². The number of hydrogen-bond donors (Lipinski definition) is 2. The minimum atomic E-state index is -0.691. The van der Waals surface area contributed by atoms with E-state index in [9.17, 15) is 9.18 Å². The van der Waals surface area contributed by atoms with Gasteiger partial charge in [0.2, 0.25) is 0 Å². The average Bonchev–Trinajstić information content (AvgIpc) is 2.44. The first-order chi connectivity index (χ1) is 9.95. The van der Waals surface area contributed by atoms with Crippen molar-refractivity contribution >= 4 is 17.5 Å². The van der Waals surface area contributed by atoms with Gasteiger partial charge in [0.25, 0.3) is 5.91 Å². The summed E-state index contributed by atoms with van der Waals surface area (Å²) in [5, 5.41) is 3.10. The third-order valence-corrected chi connectivity index (χ3v) is 3.98. The number of amides is 1. The van der Waals surface area contributed by atoms with Crippen molar-refractivity contribution in [1.29, 1.82) is 0 Å². The molecule has 6 heteroatoms. The molecule has 21 heavy (non-hydrogen) atoms. The van der Waals surface area contributed by atoms with Crippen molar-refractivity contribution in [2.75, 3.05) is 0 Å². The number of carbonyl (C=O) groups excluding carboxylic acids is 1. The Kier molecular flexibility index (Phi) is 5.42. The number of hydrogen-bond acceptors (Lipinski definition) is 3. The van der Waals surface area contributed by atoms with Crippen LogP contribution in [0.15, 0.2) is 18.2 Å². The van der Waals surface area contributed by atoms with E-state index in [2.05, 4.69) is 5.32 Å². The third-order valence-electron chi connectivity index (χ3n) is 3.69. The van der Waals surface area contributed by atoms with Crippen molar-refractivity contribution in [3.8, 4) is 5.75 Å². The summed E-state index contributed by atoms with van der Waals surface area (Å²) < 4.78 is 18.4. The largest absolute Gasteiger partial charge is 0.479 e. The molecule has 0 aromatic heterocycles. The first-order valence-electron chi connectivity index (χ1n) is 7.13. The molecule has 1 amide bonds. The molecule has 0 spiro atoms. The standard InChI is InChI=1S/C15H20ClFN2O2/c1-9(21-14-7-2-10(17)8-13(14)16)15(20)19-12-5-3-11(18)4-6-12/h2,7-9,11-12H,3-6,18H2,1H3,(H,19,20). The SMILES string of the molecule is CC(Oc1ccc(F)cc1Cl)C(=O)NC1CCC(N)CC1. The fourth-order valence-corrected chi connectivity index (χ4v) is 2.61. The molecule has 1 fully saturated rings. The molecule has 1 aromatic carbocycles. The molecule has 0 bridgehead atoms. The van der Waals surface area contributed by atoms with Gasteiger partial charge in [-0.1, -0.05) is 11.6 Å². The fraction of sp³-hybridized carbons (Fsp3) is 0.533. The van der Waals surface area contributed by atoms with Crippen LogP contribution in [0, 0.1) is 5.82 Å². The minimum Gasteiger partial charge on any atom is -0.479 e. The maximum Gasteiger partial charge on any atom is 0.260 e. The molecule has 1 aromatic rings. The quantitative estimate of drug-likeness (QED) is 0.898. The Hall–Kier alpha value is -1.33. The molecule has 3 N–H and O–H groups in total. The number of benzene rings is 1. The summed E-state index contributed by atoms with van der Waals surface area (Å²) in [7, 11) is 0. The molecule has 1 aliphatic carbocycles. The molecule has 1 unspecified atom stereocenters. The summed E-state index contributed by atoms with van der Waals surface area (Å²) in [4.78, 5) is 12.1. The van der Waals surface area contributed by atoms with Gasteiger partial charge < -0.3 is 15.8 Å². The first-order valence-corrected chi connectivity index (χ1v) is 7.51. The second kappa shape index (κ2) is 7.09. The van der Waals surface area contributed by atoms with Crippen molar-refractivity contribution in [2.24, 2.45) is 5.73 Å². The lowest BCUT2D eigenvalue weighted by atomic mass is 9.92. The van der Waals surface area contributed by atoms with E-state index in [1.54, 1.807) is 6.92 Å². The van der Waals surface area contributed by atoms with E-state index >= 15 is 0 Å². The van der Waals surface area contributed by atoms with Crippen LogP contribution < -0.4 is 15.8 Å². The van der Waals surface area contributed by atoms with E-state index < -0.39 is 11.9 Å². The normalized spacial score (nSPS) is 23.4. The van der Waals surface area contributed by atoms with E-state index in [-0.39, 0.29) is 23.0 Å². The summed E-state index contributed by atoms with van der Waals surface area (Å²) in [5.41, 5.74) is 5.84. The van der Waals surface area contributed by atoms with Gasteiger partial charge in [0.1, 0.15) is 11.6 Å². The highest BCUT2D eigenvalue weighted by Gasteiger charge is 2.23. The average molecular weight is 315 g/mol. The van der Waals surface area contributed by atoms with E-state index in [1.165, 1.54) is 12.1 Å². The molecule has 0 heterocycles. The highest BCUT2D eigenvalue weighted by atomic mass is 35.5. The number of nitrogens with one attached hydrogen (secondary N) is 1. The zero-order chi connectivity index (χ0) is 15.4. The Bertz CT molecular complexity index is 504. The van der Waals surface area contributed by atoms with Crippen LogP contribution in [-0.2, 0) is 4.79 Å². The van der Waals surface area contributed by atoms with Crippen LogP contribution in [0.1, 0.15) is 32.6 Å². The molecule has 1 aliphatic rings. The van der Waals surface area contributed by atoms with E-state index in [4.69, 9.17) is 22.1 Å². The van der Waals surface area contributed by atoms with Gasteiger partial charge in [0, 0.05) is 12.1 Å². The van der Waals surface area contributed by atoms with Crippen LogP contribution >= 0.6 is 11.6 Å². The van der Waals surface area contributed by atoms with Gasteiger partial charge >= 0.3 is 0 Å². The molecule has 4 nitrogen and oxygen atoms in total. The van der Waals surface area contributed by atoms with Crippen LogP contribution in [0.25, 0.3) is 0 Å². The van der Waals surface area contributed by atoms with Crippen molar-refractivity contribution in [1.82, 2.24) is 5.32 Å². The maximum absolute atomic E-state index is 13.0. The van der Waals surface area contributed by atoms with Crippen molar-refractivity contribution in [3.05, 3.63) is 29.0 Å². The second-order valence-corrected chi connectivity index (χ2v) is 5.86. The van der Waals surface area contributed by atoms with E-state index in [0.29, 0.717) is 5.75 Å². The Labute approximate surface area is 128 Å². The molecule has 1 atom stereocenters. The van der Waals surface area contributed by atoms with Crippen LogP contribution in [0.5, 0.6) is 5.75 Å². The van der Waals surface area contributed by atoms with Gasteiger partial charge in [-0.2, -0.15) is 0 Å². The van der Waals surface area contributed by atoms with Gasteiger partial charge in [-0.25, -0.2) is 4.39 Å². The molecule has 1 saturated carbocycles. The predicted octanol–water partition coefficient (Wildman–Crippen LogP) is 2.63. The first kappa shape index (κ1) is 16.0. The molecular formula is C15H20ClFN2O2. The number of halogens is 2. The van der Waals surface area contributed by atoms with Gasteiger partial charge in [0.15, 0.2) is 6.10 Å². The topological polar surface area (TPSA) is 64.3 Å². The van der Waals surface area contributed by atoms with Gasteiger partial charge in [-0.15, -0.1) is 0 Å². The maximum atomic E-state index is 13.0. The predicted molar refractivity (Wildman–Crippen MR) is 79.9 cm³/mol. The molecule has 0 radical (unpaired) electrons. The summed E-state index contributed by atoms with van der Waals surface area (Å²) in [5.74, 6) is -0.342. The smallest absolute Gasteiger partial charge is 0.260 e. The zero-order valence-electron chi connectivity index (χ0n) is 11.9. The Morgan fingerprint density at radius 1 is 1.43 bits per heavy atom. The minimum absolute atomic E-state index is 0.145. The molecule has 0 saturated heterocycles. The third kappa shape index (κ3) is 4.58. The summed E-state index contributed by atoms with van der Waals surface area (Å²) in [6.45, 7) is 1.64. The highest BCUT2D eigenvalue weighted by molar-refractivity contribution is 6.32. The number of carbonyl (C=O) groups is 1. The van der Waals surface area contributed by atoms with E-state index in [1.807, 2.05) is 0 Å². The van der Waals surface area contributed by atoms with Crippen molar-refractivity contribution in [3.63, 3.8) is 0 Å². The molecule has 2 rings (SSSR count). The molecular weight excluding hydrogens is 295 g/mol. The Morgan fingerprint density at radius 2 is 2.10 bits per heavy atom. The van der Waals surface area contributed by atoms with Crippen molar-refractivity contribution in [2.45, 2.75) is 50.8 Å². The number of ether oxygens (including phenoxy) is 1. The molecule has 116 valence electrons. The lowest BCUT2D eigenvalue weighted by Crippen LogP contribution is -2.45. The van der Waals surface area contributed by atoms with Crippen LogP contribution in [0.4, 0.5) is 4.39 Å². The lowest BCUT2D eigenvalue weighted by Gasteiger charge is -2.28. The van der Waals surface area contributed by atoms with Crippen LogP contribution in [0.2, 0.25) is 5.02 Å². The van der Waals surface area contributed by atoms with Crippen molar-refractivity contribution < 1.29 is 13.9 Å². The van der Waals surface area contributed by atoms with Gasteiger partial charge in [-0.05, 0) is 50.8 Å². The fourth-order valence-electron chi connectivity index (χ4n) is 2.40. The summed E-state index contributed by atoms with van der Waals surface area (Å²) >= 11 is 5.88. The Balaban J connectivity index is 1.87. The van der Waals surface area contributed by atoms with E-state index in [0.717, 1.165) is 31.7 Å². The van der Waals surface area contributed by atoms with Crippen LogP contribution in [0.3, 0.4) is 0 Å². The lowest BCUT2D eigenvalue weighted by molar-refractivity contribution is -0.128. The zero-order valence-corrected chi connectivity index (χ0v) is 12.7. The Morgan fingerprint density at radius 3 is 2.71 bits per heavy atom.